The molecule has 5 nitrogen and oxygen atoms in total. The number of amides is 1. The van der Waals surface area contributed by atoms with E-state index < -0.39 is 12.0 Å². The van der Waals surface area contributed by atoms with Crippen LogP contribution >= 0.6 is 0 Å². The quantitative estimate of drug-likeness (QED) is 0.610. The first kappa shape index (κ1) is 16.0. The number of esters is 1. The number of hydrogen-bond donors (Lipinski definition) is 2. The molecule has 0 aliphatic heterocycles. The van der Waals surface area contributed by atoms with Gasteiger partial charge in [0.2, 0.25) is 5.91 Å². The molecule has 1 amide bonds. The lowest BCUT2D eigenvalue weighted by Gasteiger charge is -2.18. The van der Waals surface area contributed by atoms with Crippen LogP contribution in [-0.4, -0.2) is 25.0 Å². The third kappa shape index (κ3) is 5.30. The number of nitrogen functional groups attached to an aromatic ring is 1. The smallest absolute Gasteiger partial charge is 0.328 e. The van der Waals surface area contributed by atoms with E-state index in [0.29, 0.717) is 12.1 Å². The second kappa shape index (κ2) is 7.53. The van der Waals surface area contributed by atoms with E-state index in [1.54, 1.807) is 18.2 Å². The number of hydrogen-bond acceptors (Lipinski definition) is 4. The maximum absolute atomic E-state index is 12.0. The Bertz CT molecular complexity index is 472. The van der Waals surface area contributed by atoms with Crippen LogP contribution in [0.4, 0.5) is 5.69 Å². The zero-order valence-corrected chi connectivity index (χ0v) is 12.2. The second-order valence-electron chi connectivity index (χ2n) is 5.19. The van der Waals surface area contributed by atoms with Gasteiger partial charge in [-0.2, -0.15) is 0 Å². The van der Waals surface area contributed by atoms with Crippen molar-refractivity contribution in [3.8, 4) is 0 Å². The zero-order valence-electron chi connectivity index (χ0n) is 12.2. The van der Waals surface area contributed by atoms with Gasteiger partial charge in [-0.15, -0.1) is 0 Å². The summed E-state index contributed by atoms with van der Waals surface area (Å²) in [6, 6.07) is 6.52. The summed E-state index contributed by atoms with van der Waals surface area (Å²) in [5, 5.41) is 2.71. The summed E-state index contributed by atoms with van der Waals surface area (Å²) in [7, 11) is 1.32. The molecule has 0 saturated heterocycles. The molecule has 0 aliphatic carbocycles. The number of rotatable bonds is 6. The van der Waals surface area contributed by atoms with E-state index in [9.17, 15) is 9.59 Å². The molecule has 3 N–H and O–H groups in total. The van der Waals surface area contributed by atoms with Gasteiger partial charge >= 0.3 is 5.97 Å². The van der Waals surface area contributed by atoms with Crippen molar-refractivity contribution in [1.29, 1.82) is 0 Å². The molecular weight excluding hydrogens is 256 g/mol. The summed E-state index contributed by atoms with van der Waals surface area (Å²) < 4.78 is 4.71. The Kier molecular flexibility index (Phi) is 6.03. The molecule has 1 atom stereocenters. The average molecular weight is 278 g/mol. The lowest BCUT2D eigenvalue weighted by atomic mass is 10.0. The molecule has 1 aromatic carbocycles. The highest BCUT2D eigenvalue weighted by Crippen LogP contribution is 2.09. The molecule has 110 valence electrons. The Labute approximate surface area is 119 Å². The van der Waals surface area contributed by atoms with Gasteiger partial charge in [-0.25, -0.2) is 4.79 Å². The Hall–Kier alpha value is -2.04. The Morgan fingerprint density at radius 2 is 2.05 bits per heavy atom. The SMILES string of the molecule is COC(=O)[C@H](CC(C)C)NC(=O)Cc1cccc(N)c1. The van der Waals surface area contributed by atoms with E-state index in [1.165, 1.54) is 7.11 Å². The maximum Gasteiger partial charge on any atom is 0.328 e. The van der Waals surface area contributed by atoms with E-state index >= 15 is 0 Å². The highest BCUT2D eigenvalue weighted by molar-refractivity contribution is 5.85. The molecule has 0 bridgehead atoms. The van der Waals surface area contributed by atoms with Crippen LogP contribution < -0.4 is 11.1 Å². The van der Waals surface area contributed by atoms with Gasteiger partial charge in [0, 0.05) is 5.69 Å². The number of benzene rings is 1. The van der Waals surface area contributed by atoms with E-state index in [1.807, 2.05) is 19.9 Å². The number of carbonyl (C=O) groups excluding carboxylic acids is 2. The van der Waals surface area contributed by atoms with E-state index in [2.05, 4.69) is 5.32 Å². The van der Waals surface area contributed by atoms with Gasteiger partial charge in [-0.1, -0.05) is 26.0 Å². The first-order valence-electron chi connectivity index (χ1n) is 6.64. The van der Waals surface area contributed by atoms with Crippen LogP contribution in [0.1, 0.15) is 25.8 Å². The Morgan fingerprint density at radius 1 is 1.35 bits per heavy atom. The molecule has 0 radical (unpaired) electrons. The van der Waals surface area contributed by atoms with Crippen LogP contribution in [0.25, 0.3) is 0 Å². The monoisotopic (exact) mass is 278 g/mol. The van der Waals surface area contributed by atoms with E-state index in [-0.39, 0.29) is 18.2 Å². The van der Waals surface area contributed by atoms with Gasteiger partial charge in [0.15, 0.2) is 0 Å². The minimum atomic E-state index is -0.603. The summed E-state index contributed by atoms with van der Waals surface area (Å²) in [6.07, 6.45) is 0.742. The van der Waals surface area contributed by atoms with Crippen molar-refractivity contribution in [3.05, 3.63) is 29.8 Å². The lowest BCUT2D eigenvalue weighted by Crippen LogP contribution is -2.43. The zero-order chi connectivity index (χ0) is 15.1. The van der Waals surface area contributed by atoms with Crippen molar-refractivity contribution in [3.63, 3.8) is 0 Å². The summed E-state index contributed by atoms with van der Waals surface area (Å²) in [5.74, 6) is -0.349. The fraction of sp³-hybridized carbons (Fsp3) is 0.467. The number of methoxy groups -OCH3 is 1. The van der Waals surface area contributed by atoms with Crippen molar-refractivity contribution in [1.82, 2.24) is 5.32 Å². The average Bonchev–Trinajstić information content (AvgIpc) is 2.36. The molecule has 5 heteroatoms. The van der Waals surface area contributed by atoms with Gasteiger partial charge in [0.05, 0.1) is 13.5 Å². The highest BCUT2D eigenvalue weighted by atomic mass is 16.5. The molecule has 20 heavy (non-hydrogen) atoms. The molecule has 1 aromatic rings. The fourth-order valence-corrected chi connectivity index (χ4v) is 1.96. The van der Waals surface area contributed by atoms with Crippen LogP contribution in [0.15, 0.2) is 24.3 Å². The van der Waals surface area contributed by atoms with Crippen molar-refractivity contribution >= 4 is 17.6 Å². The van der Waals surface area contributed by atoms with Crippen LogP contribution in [-0.2, 0) is 20.7 Å². The van der Waals surface area contributed by atoms with Crippen molar-refractivity contribution < 1.29 is 14.3 Å². The number of carbonyl (C=O) groups is 2. The third-order valence-corrected chi connectivity index (χ3v) is 2.84. The first-order chi connectivity index (χ1) is 9.42. The maximum atomic E-state index is 12.0. The summed E-state index contributed by atoms with van der Waals surface area (Å²) >= 11 is 0. The minimum absolute atomic E-state index is 0.191. The van der Waals surface area contributed by atoms with Gasteiger partial charge in [-0.3, -0.25) is 4.79 Å². The van der Waals surface area contributed by atoms with E-state index in [4.69, 9.17) is 10.5 Å². The van der Waals surface area contributed by atoms with Crippen molar-refractivity contribution in [2.45, 2.75) is 32.7 Å². The molecular formula is C15H22N2O3. The number of anilines is 1. The molecule has 0 unspecified atom stereocenters. The van der Waals surface area contributed by atoms with Crippen LogP contribution in [0.3, 0.4) is 0 Å². The molecule has 0 saturated carbocycles. The number of nitrogens with two attached hydrogens (primary N) is 1. The predicted molar refractivity (Wildman–Crippen MR) is 78.0 cm³/mol. The van der Waals surface area contributed by atoms with Gasteiger partial charge in [0.1, 0.15) is 6.04 Å². The van der Waals surface area contributed by atoms with Crippen molar-refractivity contribution in [2.75, 3.05) is 12.8 Å². The summed E-state index contributed by atoms with van der Waals surface area (Å²) in [4.78, 5) is 23.6. The fourth-order valence-electron chi connectivity index (χ4n) is 1.96. The first-order valence-corrected chi connectivity index (χ1v) is 6.64. The third-order valence-electron chi connectivity index (χ3n) is 2.84. The number of nitrogens with one attached hydrogen (secondary N) is 1. The minimum Gasteiger partial charge on any atom is -0.467 e. The lowest BCUT2D eigenvalue weighted by molar-refractivity contribution is -0.145. The number of ether oxygens (including phenoxy) is 1. The van der Waals surface area contributed by atoms with Crippen LogP contribution in [0.5, 0.6) is 0 Å². The predicted octanol–water partition coefficient (Wildman–Crippen LogP) is 1.52. The normalized spacial score (nSPS) is 12.0. The highest BCUT2D eigenvalue weighted by Gasteiger charge is 2.22. The molecule has 0 spiro atoms. The van der Waals surface area contributed by atoms with Crippen LogP contribution in [0.2, 0.25) is 0 Å². The Balaban J connectivity index is 2.64. The largest absolute Gasteiger partial charge is 0.467 e. The topological polar surface area (TPSA) is 81.4 Å². The molecule has 0 heterocycles. The summed E-state index contributed by atoms with van der Waals surface area (Å²) in [5.41, 5.74) is 7.09. The Morgan fingerprint density at radius 3 is 2.60 bits per heavy atom. The van der Waals surface area contributed by atoms with E-state index in [0.717, 1.165) is 5.56 Å². The summed E-state index contributed by atoms with van der Waals surface area (Å²) in [6.45, 7) is 3.97. The molecule has 0 aliphatic rings. The standard InChI is InChI=1S/C15H22N2O3/c1-10(2)7-13(15(19)20-3)17-14(18)9-11-5-4-6-12(16)8-11/h4-6,8,10,13H,7,9,16H2,1-3H3,(H,17,18)/t13-/m0/s1. The van der Waals surface area contributed by atoms with Crippen molar-refractivity contribution in [2.24, 2.45) is 5.92 Å². The van der Waals surface area contributed by atoms with Gasteiger partial charge < -0.3 is 15.8 Å². The van der Waals surface area contributed by atoms with Gasteiger partial charge in [0.25, 0.3) is 0 Å². The molecule has 0 fully saturated rings. The second-order valence-corrected chi connectivity index (χ2v) is 5.19. The molecule has 1 rings (SSSR count). The van der Waals surface area contributed by atoms with Gasteiger partial charge in [-0.05, 0) is 30.0 Å². The van der Waals surface area contributed by atoms with Crippen LogP contribution in [0, 0.1) is 5.92 Å². The molecule has 0 aromatic heterocycles.